The zero-order valence-electron chi connectivity index (χ0n) is 24.1. The molecule has 0 unspecified atom stereocenters. The fraction of sp³-hybridized carbons (Fsp3) is 0.0238. The Kier molecular flexibility index (Phi) is 5.60. The number of hydrogen-bond donors (Lipinski definition) is 1. The van der Waals surface area contributed by atoms with Crippen molar-refractivity contribution >= 4 is 55.0 Å². The largest absolute Gasteiger partial charge is 0.381 e. The van der Waals surface area contributed by atoms with Crippen LogP contribution in [-0.4, -0.2) is 11.5 Å². The van der Waals surface area contributed by atoms with Crippen molar-refractivity contribution in [3.8, 4) is 33.4 Å². The molecule has 1 aromatic heterocycles. The first-order valence-corrected chi connectivity index (χ1v) is 15.2. The molecule has 0 amide bonds. The monoisotopic (exact) mass is 560 g/mol. The Morgan fingerprint density at radius 2 is 1.11 bits per heavy atom. The number of nitrogens with one attached hydrogen (secondary N) is 1. The molecule has 8 aromatic rings. The van der Waals surface area contributed by atoms with E-state index in [-0.39, 0.29) is 0 Å². The summed E-state index contributed by atoms with van der Waals surface area (Å²) in [5.74, 6) is 0. The van der Waals surface area contributed by atoms with E-state index in [4.69, 9.17) is 4.98 Å². The Hall–Kier alpha value is -5.73. The highest BCUT2D eigenvalue weighted by molar-refractivity contribution is 6.18. The van der Waals surface area contributed by atoms with Gasteiger partial charge in [-0.2, -0.15) is 0 Å². The summed E-state index contributed by atoms with van der Waals surface area (Å²) in [6.07, 6.45) is 6.40. The molecule has 0 saturated carbocycles. The van der Waals surface area contributed by atoms with E-state index in [0.717, 1.165) is 17.4 Å². The quantitative estimate of drug-likeness (QED) is 0.217. The minimum atomic E-state index is 0.805. The Bertz CT molecular complexity index is 2430. The number of anilines is 1. The molecule has 2 nitrogen and oxygen atoms in total. The highest BCUT2D eigenvalue weighted by atomic mass is 14.9. The van der Waals surface area contributed by atoms with Gasteiger partial charge in [-0.15, -0.1) is 0 Å². The third-order valence-electron chi connectivity index (χ3n) is 9.07. The van der Waals surface area contributed by atoms with Crippen molar-refractivity contribution in [2.75, 3.05) is 11.9 Å². The molecule has 1 aliphatic heterocycles. The van der Waals surface area contributed by atoms with Crippen molar-refractivity contribution in [3.05, 3.63) is 151 Å². The normalized spacial score (nSPS) is 12.5. The minimum Gasteiger partial charge on any atom is -0.381 e. The van der Waals surface area contributed by atoms with E-state index in [2.05, 4.69) is 145 Å². The van der Waals surface area contributed by atoms with E-state index in [1.54, 1.807) is 0 Å². The summed E-state index contributed by atoms with van der Waals surface area (Å²) in [4.78, 5) is 4.98. The molecule has 0 spiro atoms. The van der Waals surface area contributed by atoms with Crippen LogP contribution in [0.5, 0.6) is 0 Å². The number of aromatic nitrogens is 1. The molecule has 0 bridgehead atoms. The van der Waals surface area contributed by atoms with E-state index in [9.17, 15) is 0 Å². The number of nitrogens with zero attached hydrogens (tertiary/aromatic N) is 1. The first-order chi connectivity index (χ1) is 21.8. The van der Waals surface area contributed by atoms with Gasteiger partial charge in [-0.1, -0.05) is 115 Å². The molecule has 206 valence electrons. The molecule has 2 heterocycles. The maximum Gasteiger partial charge on any atom is 0.0787 e. The Labute approximate surface area is 255 Å². The molecular formula is C42H28N2. The second-order valence-corrected chi connectivity index (χ2v) is 11.6. The molecule has 9 rings (SSSR count). The van der Waals surface area contributed by atoms with Crippen LogP contribution in [0.1, 0.15) is 5.56 Å². The maximum absolute atomic E-state index is 4.98. The summed E-state index contributed by atoms with van der Waals surface area (Å²) in [6, 6.07) is 48.5. The molecule has 44 heavy (non-hydrogen) atoms. The second-order valence-electron chi connectivity index (χ2n) is 11.6. The number of hydrogen-bond acceptors (Lipinski definition) is 2. The van der Waals surface area contributed by atoms with Crippen LogP contribution in [0.15, 0.2) is 146 Å². The fourth-order valence-corrected chi connectivity index (χ4v) is 6.87. The van der Waals surface area contributed by atoms with Crippen molar-refractivity contribution < 1.29 is 0 Å². The standard InChI is InChI=1S/C42H28N2/c1-3-9-31-23-33(19-15-27(31)7-1)29-13-17-30(18-14-29)37-25-39-40(41-35(37)11-5-21-43-41)26-38(36-12-6-22-44-42(36)39)34-20-16-28-8-2-4-10-32(28)24-34/h1-21,23-26,44H,22H2. The van der Waals surface area contributed by atoms with Crippen molar-refractivity contribution in [1.29, 1.82) is 0 Å². The molecule has 0 radical (unpaired) electrons. The lowest BCUT2D eigenvalue weighted by Crippen LogP contribution is -2.07. The van der Waals surface area contributed by atoms with E-state index in [1.807, 2.05) is 12.3 Å². The maximum atomic E-state index is 4.98. The predicted molar refractivity (Wildman–Crippen MR) is 188 cm³/mol. The van der Waals surface area contributed by atoms with Crippen LogP contribution in [0.4, 0.5) is 5.69 Å². The smallest absolute Gasteiger partial charge is 0.0787 e. The summed E-state index contributed by atoms with van der Waals surface area (Å²) < 4.78 is 0. The predicted octanol–water partition coefficient (Wildman–Crippen LogP) is 11.1. The van der Waals surface area contributed by atoms with E-state index >= 15 is 0 Å². The van der Waals surface area contributed by atoms with Gasteiger partial charge in [0.1, 0.15) is 0 Å². The SMILES string of the molecule is C1=Cc2c(-c3ccc4ccccc4c3)cc3c(cc(-c4ccc(-c5ccc6ccccc6c5)cc4)c4cccnc43)c2NC1. The molecule has 0 aliphatic carbocycles. The van der Waals surface area contributed by atoms with Gasteiger partial charge in [-0.3, -0.25) is 4.98 Å². The number of pyridine rings is 1. The van der Waals surface area contributed by atoms with Gasteiger partial charge in [0.25, 0.3) is 0 Å². The van der Waals surface area contributed by atoms with Gasteiger partial charge >= 0.3 is 0 Å². The van der Waals surface area contributed by atoms with Gasteiger partial charge in [-0.05, 0) is 85.3 Å². The molecular weight excluding hydrogens is 532 g/mol. The number of rotatable bonds is 3. The van der Waals surface area contributed by atoms with E-state index in [1.165, 1.54) is 76.9 Å². The van der Waals surface area contributed by atoms with Gasteiger partial charge in [-0.25, -0.2) is 0 Å². The van der Waals surface area contributed by atoms with E-state index < -0.39 is 0 Å². The Balaban J connectivity index is 1.23. The zero-order chi connectivity index (χ0) is 29.0. The average Bonchev–Trinajstić information content (AvgIpc) is 3.10. The lowest BCUT2D eigenvalue weighted by atomic mass is 9.88. The molecule has 0 atom stereocenters. The van der Waals surface area contributed by atoms with Crippen LogP contribution >= 0.6 is 0 Å². The fourth-order valence-electron chi connectivity index (χ4n) is 6.87. The van der Waals surface area contributed by atoms with Crippen LogP contribution in [0.3, 0.4) is 0 Å². The van der Waals surface area contributed by atoms with Crippen molar-refractivity contribution in [2.24, 2.45) is 0 Å². The van der Waals surface area contributed by atoms with Gasteiger partial charge < -0.3 is 5.32 Å². The Morgan fingerprint density at radius 1 is 0.477 bits per heavy atom. The third kappa shape index (κ3) is 4.00. The lowest BCUT2D eigenvalue weighted by Gasteiger charge is -2.22. The van der Waals surface area contributed by atoms with Crippen LogP contribution < -0.4 is 5.32 Å². The zero-order valence-corrected chi connectivity index (χ0v) is 24.1. The third-order valence-corrected chi connectivity index (χ3v) is 9.07. The van der Waals surface area contributed by atoms with E-state index in [0.29, 0.717) is 0 Å². The first kappa shape index (κ1) is 24.8. The van der Waals surface area contributed by atoms with Crippen LogP contribution in [-0.2, 0) is 0 Å². The van der Waals surface area contributed by atoms with Gasteiger partial charge in [0.05, 0.1) is 11.2 Å². The molecule has 0 fully saturated rings. The highest BCUT2D eigenvalue weighted by Crippen LogP contribution is 2.44. The summed E-state index contributed by atoms with van der Waals surface area (Å²) in [5, 5.41) is 12.3. The first-order valence-electron chi connectivity index (χ1n) is 15.2. The van der Waals surface area contributed by atoms with Crippen molar-refractivity contribution in [3.63, 3.8) is 0 Å². The molecule has 1 aliphatic rings. The highest BCUT2D eigenvalue weighted by Gasteiger charge is 2.19. The van der Waals surface area contributed by atoms with Crippen LogP contribution in [0.25, 0.3) is 82.7 Å². The van der Waals surface area contributed by atoms with Crippen LogP contribution in [0, 0.1) is 0 Å². The van der Waals surface area contributed by atoms with Gasteiger partial charge in [0, 0.05) is 34.5 Å². The average molecular weight is 561 g/mol. The molecule has 0 saturated heterocycles. The molecule has 1 N–H and O–H groups in total. The summed E-state index contributed by atoms with van der Waals surface area (Å²) in [5.41, 5.74) is 10.7. The minimum absolute atomic E-state index is 0.805. The number of benzene rings is 7. The van der Waals surface area contributed by atoms with Crippen molar-refractivity contribution in [2.45, 2.75) is 0 Å². The summed E-state index contributed by atoms with van der Waals surface area (Å²) in [6.45, 7) is 0.805. The molecule has 7 aromatic carbocycles. The summed E-state index contributed by atoms with van der Waals surface area (Å²) in [7, 11) is 0. The summed E-state index contributed by atoms with van der Waals surface area (Å²) >= 11 is 0. The lowest BCUT2D eigenvalue weighted by molar-refractivity contribution is 1.32. The van der Waals surface area contributed by atoms with Gasteiger partial charge in [0.2, 0.25) is 0 Å². The topological polar surface area (TPSA) is 24.9 Å². The molecule has 2 heteroatoms. The number of fused-ring (bicyclic) bond motifs is 7. The Morgan fingerprint density at radius 3 is 1.89 bits per heavy atom. The van der Waals surface area contributed by atoms with Gasteiger partial charge in [0.15, 0.2) is 0 Å². The second kappa shape index (κ2) is 9.93. The van der Waals surface area contributed by atoms with Crippen LogP contribution in [0.2, 0.25) is 0 Å². The van der Waals surface area contributed by atoms with Crippen molar-refractivity contribution in [1.82, 2.24) is 4.98 Å².